The van der Waals surface area contributed by atoms with Gasteiger partial charge < -0.3 is 47.4 Å². The summed E-state index contributed by atoms with van der Waals surface area (Å²) in [5, 5.41) is 10.6. The van der Waals surface area contributed by atoms with Crippen molar-refractivity contribution in [3.05, 3.63) is 46.5 Å². The van der Waals surface area contributed by atoms with Crippen molar-refractivity contribution in [2.75, 3.05) is 119 Å². The van der Waals surface area contributed by atoms with Gasteiger partial charge in [0.15, 0.2) is 0 Å². The van der Waals surface area contributed by atoms with Gasteiger partial charge in [0, 0.05) is 17.7 Å². The number of nitrogens with zero attached hydrogens (tertiary/aromatic N) is 1. The summed E-state index contributed by atoms with van der Waals surface area (Å²) in [5.74, 6) is 0.133. The minimum absolute atomic E-state index is 0.0222. The summed E-state index contributed by atoms with van der Waals surface area (Å²) >= 11 is 0. The van der Waals surface area contributed by atoms with E-state index in [2.05, 4.69) is 6.58 Å². The summed E-state index contributed by atoms with van der Waals surface area (Å²) in [6.45, 7) is 12.7. The Balaban J connectivity index is 1.69. The van der Waals surface area contributed by atoms with E-state index in [9.17, 15) is 14.9 Å². The van der Waals surface area contributed by atoms with Crippen LogP contribution >= 0.6 is 0 Å². The third-order valence-corrected chi connectivity index (χ3v) is 4.96. The molecule has 0 spiro atoms. The van der Waals surface area contributed by atoms with Gasteiger partial charge >= 0.3 is 5.97 Å². The fraction of sp³-hybridized carbons (Fsp3) is 0.679. The van der Waals surface area contributed by atoms with Crippen LogP contribution in [0.4, 0.5) is 5.69 Å². The lowest BCUT2D eigenvalue weighted by Crippen LogP contribution is -2.15. The fourth-order valence-electron chi connectivity index (χ4n) is 2.84. The molecule has 1 rings (SSSR count). The number of benzene rings is 1. The average molecular weight is 604 g/mol. The van der Waals surface area contributed by atoms with Gasteiger partial charge in [-0.05, 0) is 19.1 Å². The lowest BCUT2D eigenvalue weighted by Gasteiger charge is -2.09. The van der Waals surface area contributed by atoms with E-state index < -0.39 is 10.9 Å². The van der Waals surface area contributed by atoms with Crippen LogP contribution in [0, 0.1) is 10.1 Å². The van der Waals surface area contributed by atoms with Crippen LogP contribution in [-0.2, 0) is 47.4 Å². The molecule has 0 N–H and O–H groups in total. The van der Waals surface area contributed by atoms with Gasteiger partial charge in [-0.2, -0.15) is 0 Å². The number of carbonyl (C=O) groups excluding carboxylic acids is 1. The molecular formula is C28H45NO13. The Hall–Kier alpha value is -2.69. The third-order valence-electron chi connectivity index (χ3n) is 4.96. The zero-order valence-electron chi connectivity index (χ0n) is 24.5. The fourth-order valence-corrected chi connectivity index (χ4v) is 2.84. The van der Waals surface area contributed by atoms with Crippen molar-refractivity contribution in [3.8, 4) is 5.75 Å². The van der Waals surface area contributed by atoms with Crippen molar-refractivity contribution >= 4 is 11.7 Å². The molecular weight excluding hydrogens is 558 g/mol. The monoisotopic (exact) mass is 603 g/mol. The lowest BCUT2D eigenvalue weighted by atomic mass is 10.3. The Labute approximate surface area is 247 Å². The predicted molar refractivity (Wildman–Crippen MR) is 151 cm³/mol. The standard InChI is InChI=1S/C28H45NO13/c1-25(2)28(30)42-24-22-40-20-18-38-16-14-36-12-10-34-8-7-33-9-11-35-13-15-37-17-19-39-21-23-41-27-5-3-26(4-6-27)29(31)32/h3-6H,1,7-24H2,2H3. The molecule has 1 aromatic rings. The van der Waals surface area contributed by atoms with Gasteiger partial charge in [0.2, 0.25) is 0 Å². The van der Waals surface area contributed by atoms with E-state index in [-0.39, 0.29) is 12.3 Å². The Kier molecular flexibility index (Phi) is 24.1. The van der Waals surface area contributed by atoms with Crippen molar-refractivity contribution in [1.29, 1.82) is 0 Å². The third kappa shape index (κ3) is 22.9. The molecule has 0 unspecified atom stereocenters. The largest absolute Gasteiger partial charge is 0.491 e. The van der Waals surface area contributed by atoms with Crippen LogP contribution in [0.15, 0.2) is 36.4 Å². The number of ether oxygens (including phenoxy) is 10. The molecule has 0 radical (unpaired) electrons. The number of hydrogen-bond acceptors (Lipinski definition) is 13. The molecule has 0 aromatic heterocycles. The second-order valence-corrected chi connectivity index (χ2v) is 8.41. The number of rotatable bonds is 30. The topological polar surface area (TPSA) is 153 Å². The van der Waals surface area contributed by atoms with E-state index in [0.717, 1.165) is 0 Å². The highest BCUT2D eigenvalue weighted by Crippen LogP contribution is 2.17. The highest BCUT2D eigenvalue weighted by Gasteiger charge is 2.04. The second-order valence-electron chi connectivity index (χ2n) is 8.41. The quantitative estimate of drug-likeness (QED) is 0.0416. The summed E-state index contributed by atoms with van der Waals surface area (Å²) < 4.78 is 53.6. The maximum atomic E-state index is 11.2. The highest BCUT2D eigenvalue weighted by atomic mass is 16.6. The van der Waals surface area contributed by atoms with Crippen LogP contribution < -0.4 is 4.74 Å². The zero-order valence-corrected chi connectivity index (χ0v) is 24.5. The van der Waals surface area contributed by atoms with E-state index in [1.54, 1.807) is 19.1 Å². The minimum Gasteiger partial charge on any atom is -0.491 e. The average Bonchev–Trinajstić information content (AvgIpc) is 2.98. The number of esters is 1. The number of nitro groups is 1. The van der Waals surface area contributed by atoms with Gasteiger partial charge in [-0.1, -0.05) is 6.58 Å². The zero-order chi connectivity index (χ0) is 30.5. The van der Waals surface area contributed by atoms with Gasteiger partial charge in [0.05, 0.1) is 111 Å². The molecule has 14 nitrogen and oxygen atoms in total. The number of nitro benzene ring substituents is 1. The van der Waals surface area contributed by atoms with Gasteiger partial charge in [0.25, 0.3) is 5.69 Å². The van der Waals surface area contributed by atoms with Crippen LogP contribution in [0.5, 0.6) is 5.75 Å². The van der Waals surface area contributed by atoms with Gasteiger partial charge in [-0.15, -0.1) is 0 Å². The summed E-state index contributed by atoms with van der Waals surface area (Å²) in [6, 6.07) is 5.89. The molecule has 0 saturated heterocycles. The van der Waals surface area contributed by atoms with Crippen LogP contribution in [0.2, 0.25) is 0 Å². The molecule has 0 fully saturated rings. The first-order valence-electron chi connectivity index (χ1n) is 13.8. The molecule has 0 aliphatic heterocycles. The first kappa shape index (κ1) is 37.3. The molecule has 1 aromatic carbocycles. The van der Waals surface area contributed by atoms with E-state index in [1.165, 1.54) is 12.1 Å². The van der Waals surface area contributed by atoms with Crippen molar-refractivity contribution < 1.29 is 57.1 Å². The van der Waals surface area contributed by atoms with E-state index in [1.807, 2.05) is 0 Å². The summed E-state index contributed by atoms with van der Waals surface area (Å²) in [6.07, 6.45) is 0. The van der Waals surface area contributed by atoms with Crippen molar-refractivity contribution in [3.63, 3.8) is 0 Å². The van der Waals surface area contributed by atoms with Crippen LogP contribution in [-0.4, -0.2) is 130 Å². The first-order valence-corrected chi connectivity index (χ1v) is 13.8. The molecule has 0 heterocycles. The number of hydrogen-bond donors (Lipinski definition) is 0. The molecule has 0 aliphatic carbocycles. The Morgan fingerprint density at radius 3 is 1.21 bits per heavy atom. The summed E-state index contributed by atoms with van der Waals surface area (Å²) in [7, 11) is 0. The van der Waals surface area contributed by atoms with Crippen LogP contribution in [0.3, 0.4) is 0 Å². The maximum absolute atomic E-state index is 11.2. The normalized spacial score (nSPS) is 11.0. The van der Waals surface area contributed by atoms with Crippen molar-refractivity contribution in [2.45, 2.75) is 6.92 Å². The minimum atomic E-state index is -0.456. The van der Waals surface area contributed by atoms with Gasteiger partial charge in [-0.25, -0.2) is 4.79 Å². The lowest BCUT2D eigenvalue weighted by molar-refractivity contribution is -0.384. The van der Waals surface area contributed by atoms with Crippen LogP contribution in [0.25, 0.3) is 0 Å². The summed E-state index contributed by atoms with van der Waals surface area (Å²) in [4.78, 5) is 21.3. The molecule has 0 aliphatic rings. The smallest absolute Gasteiger partial charge is 0.333 e. The molecule has 14 heteroatoms. The highest BCUT2D eigenvalue weighted by molar-refractivity contribution is 5.86. The van der Waals surface area contributed by atoms with Gasteiger partial charge in [-0.3, -0.25) is 10.1 Å². The second kappa shape index (κ2) is 27.2. The first-order chi connectivity index (χ1) is 20.5. The van der Waals surface area contributed by atoms with E-state index in [4.69, 9.17) is 47.4 Å². The van der Waals surface area contributed by atoms with E-state index >= 15 is 0 Å². The molecule has 240 valence electrons. The molecule has 0 atom stereocenters. The summed E-state index contributed by atoms with van der Waals surface area (Å²) in [5.41, 5.74) is 0.386. The molecule has 0 saturated carbocycles. The van der Waals surface area contributed by atoms with E-state index in [0.29, 0.717) is 124 Å². The molecule has 42 heavy (non-hydrogen) atoms. The Morgan fingerprint density at radius 1 is 0.595 bits per heavy atom. The predicted octanol–water partition coefficient (Wildman–Crippen LogP) is 2.23. The van der Waals surface area contributed by atoms with Crippen molar-refractivity contribution in [2.24, 2.45) is 0 Å². The molecule has 0 bridgehead atoms. The van der Waals surface area contributed by atoms with Crippen LogP contribution in [0.1, 0.15) is 6.92 Å². The Bertz CT molecular complexity index is 823. The van der Waals surface area contributed by atoms with Crippen molar-refractivity contribution in [1.82, 2.24) is 0 Å². The SMILES string of the molecule is C=C(C)C(=O)OCCOCCOCCOCCOCCOCCOCCOCCOCCOc1ccc([N+](=O)[O-])cc1. The Morgan fingerprint density at radius 2 is 0.905 bits per heavy atom. The number of non-ortho nitro benzene ring substituents is 1. The van der Waals surface area contributed by atoms with Gasteiger partial charge in [0.1, 0.15) is 19.0 Å². The number of carbonyl (C=O) groups is 1. The molecule has 0 amide bonds. The maximum Gasteiger partial charge on any atom is 0.333 e.